The SMILES string of the molecule is NC(N)=NOCCCOc1ccc(C[C@H](NS(=O)(=O)c2ccccc2C(F)(F)F)C(=O)OOC(=O)C(F)(F)F)cc1. The number of carbonyl (C=O) groups is 2. The van der Waals surface area contributed by atoms with Gasteiger partial charge in [0.2, 0.25) is 16.0 Å². The number of nitrogens with two attached hydrogens (primary N) is 2. The number of hydrogen-bond acceptors (Lipinski definition) is 9. The molecule has 0 aliphatic heterocycles. The fourth-order valence-corrected chi connectivity index (χ4v) is 4.35. The molecule has 226 valence electrons. The van der Waals surface area contributed by atoms with Crippen LogP contribution < -0.4 is 20.9 Å². The largest absolute Gasteiger partial charge is 0.495 e. The van der Waals surface area contributed by atoms with E-state index in [9.17, 15) is 44.3 Å². The third-order valence-electron chi connectivity index (χ3n) is 4.68. The second kappa shape index (κ2) is 13.9. The highest BCUT2D eigenvalue weighted by molar-refractivity contribution is 7.89. The molecule has 0 aromatic heterocycles. The number of benzene rings is 2. The van der Waals surface area contributed by atoms with Crippen LogP contribution in [0.3, 0.4) is 0 Å². The highest BCUT2D eigenvalue weighted by Gasteiger charge is 2.44. The predicted molar refractivity (Wildman–Crippen MR) is 126 cm³/mol. The second-order valence-corrected chi connectivity index (χ2v) is 9.52. The lowest BCUT2D eigenvalue weighted by molar-refractivity contribution is -0.286. The van der Waals surface area contributed by atoms with E-state index in [0.29, 0.717) is 24.3 Å². The molecule has 12 nitrogen and oxygen atoms in total. The number of guanidine groups is 1. The highest BCUT2D eigenvalue weighted by Crippen LogP contribution is 2.34. The minimum absolute atomic E-state index is 0.121. The first-order chi connectivity index (χ1) is 19.0. The van der Waals surface area contributed by atoms with Crippen LogP contribution in [0.15, 0.2) is 58.6 Å². The molecule has 2 rings (SSSR count). The molecule has 0 amide bonds. The van der Waals surface area contributed by atoms with Crippen LogP contribution in [0.1, 0.15) is 17.5 Å². The Balaban J connectivity index is 2.21. The van der Waals surface area contributed by atoms with Crippen LogP contribution in [-0.4, -0.2) is 51.7 Å². The van der Waals surface area contributed by atoms with Gasteiger partial charge in [0.1, 0.15) is 18.4 Å². The summed E-state index contributed by atoms with van der Waals surface area (Å²) in [6.07, 6.45) is -11.0. The summed E-state index contributed by atoms with van der Waals surface area (Å²) < 4.78 is 110. The summed E-state index contributed by atoms with van der Waals surface area (Å²) in [6, 6.07) is 6.25. The Labute approximate surface area is 228 Å². The van der Waals surface area contributed by atoms with Gasteiger partial charge in [-0.2, -0.15) is 31.1 Å². The Bertz CT molecular complexity index is 1330. The van der Waals surface area contributed by atoms with E-state index in [1.54, 1.807) is 4.72 Å². The van der Waals surface area contributed by atoms with E-state index >= 15 is 0 Å². The molecule has 0 spiro atoms. The van der Waals surface area contributed by atoms with Crippen molar-refractivity contribution in [2.24, 2.45) is 16.6 Å². The van der Waals surface area contributed by atoms with Gasteiger partial charge in [-0.15, -0.1) is 0 Å². The van der Waals surface area contributed by atoms with Gasteiger partial charge in [-0.25, -0.2) is 27.8 Å². The van der Waals surface area contributed by atoms with Crippen molar-refractivity contribution < 1.29 is 63.7 Å². The topological polar surface area (TPSA) is 182 Å². The average molecular weight is 616 g/mol. The van der Waals surface area contributed by atoms with E-state index in [0.717, 1.165) is 12.1 Å². The molecule has 5 N–H and O–H groups in total. The van der Waals surface area contributed by atoms with Crippen LogP contribution in [0.25, 0.3) is 0 Å². The molecule has 0 bridgehead atoms. The van der Waals surface area contributed by atoms with Crippen molar-refractivity contribution in [1.82, 2.24) is 4.72 Å². The zero-order valence-electron chi connectivity index (χ0n) is 20.6. The molecule has 0 aliphatic rings. The minimum atomic E-state index is -5.56. The maximum atomic E-state index is 13.4. The fourth-order valence-electron chi connectivity index (χ4n) is 2.93. The third-order valence-corrected chi connectivity index (χ3v) is 6.21. The van der Waals surface area contributed by atoms with Gasteiger partial charge >= 0.3 is 24.3 Å². The summed E-state index contributed by atoms with van der Waals surface area (Å²) in [4.78, 5) is 34.1. The van der Waals surface area contributed by atoms with E-state index in [1.165, 1.54) is 24.3 Å². The monoisotopic (exact) mass is 616 g/mol. The highest BCUT2D eigenvalue weighted by atomic mass is 32.2. The van der Waals surface area contributed by atoms with Crippen LogP contribution in [0.5, 0.6) is 5.75 Å². The molecule has 41 heavy (non-hydrogen) atoms. The summed E-state index contributed by atoms with van der Waals surface area (Å²) in [7, 11) is -5.13. The molecule has 0 radical (unpaired) electrons. The summed E-state index contributed by atoms with van der Waals surface area (Å²) in [6.45, 7) is 0.271. The molecule has 19 heteroatoms. The lowest BCUT2D eigenvalue weighted by Gasteiger charge is -2.19. The maximum absolute atomic E-state index is 13.4. The first-order valence-corrected chi connectivity index (χ1v) is 12.6. The first-order valence-electron chi connectivity index (χ1n) is 11.1. The van der Waals surface area contributed by atoms with Gasteiger partial charge in [-0.3, -0.25) is 0 Å². The van der Waals surface area contributed by atoms with E-state index in [-0.39, 0.29) is 24.7 Å². The average Bonchev–Trinajstić information content (AvgIpc) is 2.88. The minimum Gasteiger partial charge on any atom is -0.493 e. The third kappa shape index (κ3) is 10.7. The summed E-state index contributed by atoms with van der Waals surface area (Å²) in [5.41, 5.74) is 8.77. The van der Waals surface area contributed by atoms with Crippen molar-refractivity contribution in [3.8, 4) is 5.75 Å². The van der Waals surface area contributed by atoms with Gasteiger partial charge in [-0.05, 0) is 41.4 Å². The van der Waals surface area contributed by atoms with E-state index < -0.39 is 57.2 Å². The van der Waals surface area contributed by atoms with Crippen molar-refractivity contribution in [2.45, 2.75) is 36.1 Å². The van der Waals surface area contributed by atoms with Crippen molar-refractivity contribution in [2.75, 3.05) is 13.2 Å². The van der Waals surface area contributed by atoms with Gasteiger partial charge in [0.25, 0.3) is 0 Å². The second-order valence-electron chi connectivity index (χ2n) is 7.84. The molecule has 0 saturated carbocycles. The lowest BCUT2D eigenvalue weighted by Crippen LogP contribution is -2.44. The van der Waals surface area contributed by atoms with E-state index in [2.05, 4.69) is 14.9 Å². The molecule has 0 saturated heterocycles. The zero-order chi connectivity index (χ0) is 30.8. The number of sulfonamides is 1. The molecular weight excluding hydrogens is 594 g/mol. The van der Waals surface area contributed by atoms with Crippen LogP contribution in [0, 0.1) is 0 Å². The quantitative estimate of drug-likeness (QED) is 0.0798. The number of hydrogen-bond donors (Lipinski definition) is 3. The fraction of sp³-hybridized carbons (Fsp3) is 0.318. The Morgan fingerprint density at radius 1 is 0.927 bits per heavy atom. The Morgan fingerprint density at radius 2 is 1.56 bits per heavy atom. The molecule has 1 atom stereocenters. The van der Waals surface area contributed by atoms with Gasteiger partial charge in [-0.1, -0.05) is 24.3 Å². The first kappa shape index (κ1) is 32.9. The van der Waals surface area contributed by atoms with E-state index in [1.807, 2.05) is 0 Å². The summed E-state index contributed by atoms with van der Waals surface area (Å²) in [5.74, 6) is -4.75. The van der Waals surface area contributed by atoms with Crippen LogP contribution in [0.2, 0.25) is 0 Å². The number of ether oxygens (including phenoxy) is 1. The van der Waals surface area contributed by atoms with Gasteiger partial charge in [0.05, 0.1) is 17.1 Å². The van der Waals surface area contributed by atoms with Crippen molar-refractivity contribution in [3.63, 3.8) is 0 Å². The van der Waals surface area contributed by atoms with Crippen LogP contribution in [0.4, 0.5) is 26.3 Å². The van der Waals surface area contributed by atoms with Crippen molar-refractivity contribution in [1.29, 1.82) is 0 Å². The number of carbonyl (C=O) groups excluding carboxylic acids is 2. The number of halogens is 6. The number of oxime groups is 1. The van der Waals surface area contributed by atoms with Crippen molar-refractivity contribution >= 4 is 27.9 Å². The number of nitrogens with one attached hydrogen (secondary N) is 1. The van der Waals surface area contributed by atoms with Gasteiger partial charge in [0, 0.05) is 6.42 Å². The summed E-state index contributed by atoms with van der Waals surface area (Å²) >= 11 is 0. The molecule has 2 aromatic carbocycles. The smallest absolute Gasteiger partial charge is 0.493 e. The standard InChI is InChI=1S/C22H22F6N4O8S/c23-21(24,25)15-4-1-2-5-17(15)41(35,36)32-16(18(33)39-40-19(34)22(26,27)28)12-13-6-8-14(9-7-13)37-10-3-11-38-31-20(29)30/h1-2,4-9,16,32H,3,10-12H2,(H4,29,30,31)/t16-/m0/s1. The Morgan fingerprint density at radius 3 is 2.15 bits per heavy atom. The van der Waals surface area contributed by atoms with E-state index in [4.69, 9.17) is 21.0 Å². The molecule has 0 unspecified atom stereocenters. The normalized spacial score (nSPS) is 12.6. The molecule has 0 aliphatic carbocycles. The van der Waals surface area contributed by atoms with Gasteiger partial charge in [0.15, 0.2) is 0 Å². The van der Waals surface area contributed by atoms with Crippen molar-refractivity contribution in [3.05, 3.63) is 59.7 Å². The van der Waals surface area contributed by atoms with Crippen LogP contribution in [-0.2, 0) is 46.8 Å². The van der Waals surface area contributed by atoms with Gasteiger partial charge < -0.3 is 21.0 Å². The van der Waals surface area contributed by atoms with Crippen LogP contribution >= 0.6 is 0 Å². The lowest BCUT2D eigenvalue weighted by atomic mass is 10.1. The Hall–Kier alpha value is -4.26. The molecule has 2 aromatic rings. The maximum Gasteiger partial charge on any atom is 0.495 e. The Kier molecular flexibility index (Phi) is 11.2. The number of nitrogens with zero attached hydrogens (tertiary/aromatic N) is 1. The predicted octanol–water partition coefficient (Wildman–Crippen LogP) is 2.13. The number of alkyl halides is 6. The molecule has 0 heterocycles. The molecular formula is C22H22F6N4O8S. The zero-order valence-corrected chi connectivity index (χ0v) is 21.4. The summed E-state index contributed by atoms with van der Waals surface area (Å²) in [5, 5.41) is 3.31. The molecule has 0 fully saturated rings. The number of rotatable bonds is 12.